The zero-order valence-corrected chi connectivity index (χ0v) is 14.4. The molecule has 0 amide bonds. The number of nitrogens with zero attached hydrogens (tertiary/aromatic N) is 3. The lowest BCUT2D eigenvalue weighted by Gasteiger charge is -2.20. The van der Waals surface area contributed by atoms with Crippen LogP contribution in [0.3, 0.4) is 0 Å². The molecule has 0 radical (unpaired) electrons. The van der Waals surface area contributed by atoms with Gasteiger partial charge in [-0.3, -0.25) is 15.0 Å². The van der Waals surface area contributed by atoms with Gasteiger partial charge in [-0.1, -0.05) is 24.3 Å². The Hall–Kier alpha value is -3.09. The first kappa shape index (κ1) is 16.1. The lowest BCUT2D eigenvalue weighted by Crippen LogP contribution is -2.22. The fraction of sp³-hybridized carbons (Fsp3) is 0.143. The van der Waals surface area contributed by atoms with Crippen LogP contribution < -0.4 is 0 Å². The zero-order chi connectivity index (χ0) is 18.4. The van der Waals surface area contributed by atoms with E-state index in [1.54, 1.807) is 30.6 Å². The van der Waals surface area contributed by atoms with E-state index in [4.69, 9.17) is 0 Å². The molecule has 0 aliphatic carbocycles. The van der Waals surface area contributed by atoms with Gasteiger partial charge in [0.1, 0.15) is 12.0 Å². The molecule has 134 valence electrons. The third kappa shape index (κ3) is 2.79. The number of halogens is 1. The molecule has 0 saturated heterocycles. The second kappa shape index (κ2) is 6.26. The SMILES string of the molecule is OC1c2cccnc2CN1Cc1ccc(-c2ccc3[nH]ncc3c2)cc1F. The quantitative estimate of drug-likeness (QED) is 0.584. The van der Waals surface area contributed by atoms with Gasteiger partial charge in [0.25, 0.3) is 0 Å². The molecule has 1 atom stereocenters. The topological polar surface area (TPSA) is 65.0 Å². The van der Waals surface area contributed by atoms with E-state index in [1.807, 2.05) is 35.2 Å². The summed E-state index contributed by atoms with van der Waals surface area (Å²) in [5.74, 6) is -0.282. The highest BCUT2D eigenvalue weighted by molar-refractivity contribution is 5.84. The lowest BCUT2D eigenvalue weighted by atomic mass is 10.0. The molecule has 6 heteroatoms. The Balaban J connectivity index is 1.40. The van der Waals surface area contributed by atoms with Gasteiger partial charge >= 0.3 is 0 Å². The molecule has 2 aromatic heterocycles. The largest absolute Gasteiger partial charge is 0.374 e. The molecule has 0 bridgehead atoms. The van der Waals surface area contributed by atoms with Gasteiger partial charge in [-0.2, -0.15) is 5.10 Å². The molecule has 0 fully saturated rings. The molecule has 27 heavy (non-hydrogen) atoms. The van der Waals surface area contributed by atoms with Crippen LogP contribution in [0, 0.1) is 5.82 Å². The van der Waals surface area contributed by atoms with E-state index in [2.05, 4.69) is 15.2 Å². The second-order valence-corrected chi connectivity index (χ2v) is 6.80. The van der Waals surface area contributed by atoms with Crippen LogP contribution in [0.4, 0.5) is 4.39 Å². The summed E-state index contributed by atoms with van der Waals surface area (Å²) in [5, 5.41) is 18.4. The van der Waals surface area contributed by atoms with Crippen LogP contribution in [-0.4, -0.2) is 25.2 Å². The van der Waals surface area contributed by atoms with Crippen LogP contribution in [0.15, 0.2) is 60.9 Å². The molecule has 5 rings (SSSR count). The zero-order valence-electron chi connectivity index (χ0n) is 14.4. The highest BCUT2D eigenvalue weighted by Gasteiger charge is 2.29. The first-order valence-electron chi connectivity index (χ1n) is 8.77. The molecule has 1 aliphatic rings. The van der Waals surface area contributed by atoms with Crippen molar-refractivity contribution in [3.63, 3.8) is 0 Å². The summed E-state index contributed by atoms with van der Waals surface area (Å²) in [7, 11) is 0. The number of pyridine rings is 1. The highest BCUT2D eigenvalue weighted by atomic mass is 19.1. The number of nitrogens with one attached hydrogen (secondary N) is 1. The van der Waals surface area contributed by atoms with Crippen LogP contribution >= 0.6 is 0 Å². The molecule has 2 aromatic carbocycles. The van der Waals surface area contributed by atoms with Gasteiger partial charge in [-0.25, -0.2) is 4.39 Å². The number of hydrogen-bond donors (Lipinski definition) is 2. The molecule has 1 aliphatic heterocycles. The van der Waals surface area contributed by atoms with Gasteiger partial charge in [0.15, 0.2) is 0 Å². The van der Waals surface area contributed by atoms with E-state index >= 15 is 0 Å². The molecular formula is C21H17FN4O. The smallest absolute Gasteiger partial charge is 0.136 e. The molecule has 2 N–H and O–H groups in total. The Kier molecular flexibility index (Phi) is 3.74. The fourth-order valence-electron chi connectivity index (χ4n) is 3.63. The number of rotatable bonds is 3. The summed E-state index contributed by atoms with van der Waals surface area (Å²) < 4.78 is 14.8. The van der Waals surface area contributed by atoms with Crippen molar-refractivity contribution in [2.45, 2.75) is 19.3 Å². The molecule has 0 spiro atoms. The van der Waals surface area contributed by atoms with Gasteiger partial charge in [-0.15, -0.1) is 0 Å². The van der Waals surface area contributed by atoms with E-state index in [0.717, 1.165) is 33.3 Å². The number of hydrogen-bond acceptors (Lipinski definition) is 4. The van der Waals surface area contributed by atoms with Crippen LogP contribution in [-0.2, 0) is 13.1 Å². The summed E-state index contributed by atoms with van der Waals surface area (Å²) in [6.45, 7) is 0.833. The monoisotopic (exact) mass is 360 g/mol. The predicted molar refractivity (Wildman–Crippen MR) is 99.9 cm³/mol. The number of fused-ring (bicyclic) bond motifs is 2. The molecule has 3 heterocycles. The summed E-state index contributed by atoms with van der Waals surface area (Å²) in [4.78, 5) is 6.11. The van der Waals surface area contributed by atoms with Crippen molar-refractivity contribution in [1.29, 1.82) is 0 Å². The first-order chi connectivity index (χ1) is 13.2. The van der Waals surface area contributed by atoms with E-state index in [1.165, 1.54) is 0 Å². The minimum absolute atomic E-state index is 0.282. The third-order valence-electron chi connectivity index (χ3n) is 5.10. The maximum atomic E-state index is 14.8. The number of H-pyrrole nitrogens is 1. The number of benzene rings is 2. The van der Waals surface area contributed by atoms with Crippen molar-refractivity contribution in [1.82, 2.24) is 20.1 Å². The predicted octanol–water partition coefficient (Wildman–Crippen LogP) is 3.77. The van der Waals surface area contributed by atoms with Crippen LogP contribution in [0.1, 0.15) is 23.0 Å². The fourth-order valence-corrected chi connectivity index (χ4v) is 3.63. The molecule has 1 unspecified atom stereocenters. The third-order valence-corrected chi connectivity index (χ3v) is 5.10. The van der Waals surface area contributed by atoms with E-state index < -0.39 is 6.23 Å². The Labute approximate surface area is 155 Å². The Morgan fingerprint density at radius 3 is 2.85 bits per heavy atom. The van der Waals surface area contributed by atoms with Gasteiger partial charge in [0.05, 0.1) is 17.4 Å². The van der Waals surface area contributed by atoms with Crippen molar-refractivity contribution in [2.24, 2.45) is 0 Å². The Morgan fingerprint density at radius 1 is 1.15 bits per heavy atom. The van der Waals surface area contributed by atoms with E-state index in [-0.39, 0.29) is 5.82 Å². The average molecular weight is 360 g/mol. The highest BCUT2D eigenvalue weighted by Crippen LogP contribution is 2.32. The Morgan fingerprint density at radius 2 is 2.00 bits per heavy atom. The van der Waals surface area contributed by atoms with Gasteiger partial charge in [-0.05, 0) is 35.4 Å². The summed E-state index contributed by atoms with van der Waals surface area (Å²) in [6.07, 6.45) is 2.71. The maximum Gasteiger partial charge on any atom is 0.136 e. The van der Waals surface area contributed by atoms with Crippen molar-refractivity contribution >= 4 is 10.9 Å². The van der Waals surface area contributed by atoms with Gasteiger partial charge in [0, 0.05) is 35.8 Å². The Bertz CT molecular complexity index is 1140. The molecule has 5 nitrogen and oxygen atoms in total. The van der Waals surface area contributed by atoms with Gasteiger partial charge in [0.2, 0.25) is 0 Å². The lowest BCUT2D eigenvalue weighted by molar-refractivity contribution is 0.00695. The maximum absolute atomic E-state index is 14.8. The van der Waals surface area contributed by atoms with Crippen LogP contribution in [0.25, 0.3) is 22.0 Å². The normalized spacial score (nSPS) is 16.7. The number of aromatic nitrogens is 3. The molecule has 4 aromatic rings. The second-order valence-electron chi connectivity index (χ2n) is 6.80. The minimum atomic E-state index is -0.753. The van der Waals surface area contributed by atoms with E-state index in [0.29, 0.717) is 18.7 Å². The molecule has 0 saturated carbocycles. The number of aliphatic hydroxyl groups excluding tert-OH is 1. The standard InChI is InChI=1S/C21H17FN4O/c22-18-9-14(13-5-6-19-16(8-13)10-24-25-19)3-4-15(18)11-26-12-20-17(21(26)27)2-1-7-23-20/h1-10,21,27H,11-12H2,(H,24,25). The van der Waals surface area contributed by atoms with Crippen LogP contribution in [0.2, 0.25) is 0 Å². The average Bonchev–Trinajstić information content (AvgIpc) is 3.28. The van der Waals surface area contributed by atoms with Gasteiger partial charge < -0.3 is 5.11 Å². The summed E-state index contributed by atoms with van der Waals surface area (Å²) in [6, 6.07) is 14.8. The number of aromatic amines is 1. The van der Waals surface area contributed by atoms with Crippen molar-refractivity contribution in [2.75, 3.05) is 0 Å². The van der Waals surface area contributed by atoms with Crippen molar-refractivity contribution < 1.29 is 9.50 Å². The summed E-state index contributed by atoms with van der Waals surface area (Å²) >= 11 is 0. The van der Waals surface area contributed by atoms with Crippen molar-refractivity contribution in [3.05, 3.63) is 83.6 Å². The van der Waals surface area contributed by atoms with E-state index in [9.17, 15) is 9.50 Å². The summed E-state index contributed by atoms with van der Waals surface area (Å²) in [5.41, 5.74) is 4.89. The minimum Gasteiger partial charge on any atom is -0.374 e. The van der Waals surface area contributed by atoms with Crippen molar-refractivity contribution in [3.8, 4) is 11.1 Å². The molecular weight excluding hydrogens is 343 g/mol. The number of aliphatic hydroxyl groups is 1. The van der Waals surface area contributed by atoms with Crippen LogP contribution in [0.5, 0.6) is 0 Å². The first-order valence-corrected chi connectivity index (χ1v) is 8.77.